The molecular weight excluding hydrogens is 364 g/mol. The number of carbonyl (C=O) groups excluding carboxylic acids is 2. The molecule has 5 heteroatoms. The molecular formula is C24H32N2O3. The summed E-state index contributed by atoms with van der Waals surface area (Å²) in [5.74, 6) is 0.255. The Morgan fingerprint density at radius 2 is 1.72 bits per heavy atom. The Balaban J connectivity index is 2.14. The maximum absolute atomic E-state index is 13.0. The summed E-state index contributed by atoms with van der Waals surface area (Å²) in [7, 11) is 0. The third kappa shape index (κ3) is 6.93. The van der Waals surface area contributed by atoms with Crippen molar-refractivity contribution >= 4 is 11.8 Å². The van der Waals surface area contributed by atoms with Crippen molar-refractivity contribution < 1.29 is 14.3 Å². The molecule has 1 N–H and O–H groups in total. The van der Waals surface area contributed by atoms with Gasteiger partial charge in [0.25, 0.3) is 5.91 Å². The molecule has 0 saturated carbocycles. The van der Waals surface area contributed by atoms with E-state index in [1.807, 2.05) is 76.2 Å². The summed E-state index contributed by atoms with van der Waals surface area (Å²) < 4.78 is 5.67. The van der Waals surface area contributed by atoms with E-state index in [0.29, 0.717) is 12.3 Å². The fraction of sp³-hybridized carbons (Fsp3) is 0.417. The first-order valence-corrected chi connectivity index (χ1v) is 10.1. The van der Waals surface area contributed by atoms with Crippen LogP contribution < -0.4 is 10.1 Å². The van der Waals surface area contributed by atoms with Crippen LogP contribution in [0.2, 0.25) is 0 Å². The zero-order chi connectivity index (χ0) is 21.4. The molecule has 0 fully saturated rings. The minimum atomic E-state index is -0.598. The molecule has 29 heavy (non-hydrogen) atoms. The summed E-state index contributed by atoms with van der Waals surface area (Å²) >= 11 is 0. The molecule has 0 radical (unpaired) electrons. The summed E-state index contributed by atoms with van der Waals surface area (Å²) in [5, 5.41) is 2.97. The molecule has 0 saturated heterocycles. The number of nitrogens with one attached hydrogen (secondary N) is 1. The third-order valence-electron chi connectivity index (χ3n) is 4.99. The largest absolute Gasteiger partial charge is 0.484 e. The van der Waals surface area contributed by atoms with Gasteiger partial charge in [-0.05, 0) is 51.8 Å². The van der Waals surface area contributed by atoms with Gasteiger partial charge < -0.3 is 15.0 Å². The molecule has 0 aliphatic heterocycles. The smallest absolute Gasteiger partial charge is 0.261 e. The van der Waals surface area contributed by atoms with E-state index in [2.05, 4.69) is 5.32 Å². The van der Waals surface area contributed by atoms with E-state index in [1.165, 1.54) is 0 Å². The van der Waals surface area contributed by atoms with Gasteiger partial charge >= 0.3 is 0 Å². The van der Waals surface area contributed by atoms with Crippen molar-refractivity contribution in [3.63, 3.8) is 0 Å². The summed E-state index contributed by atoms with van der Waals surface area (Å²) in [6.07, 6.45) is 0.834. The van der Waals surface area contributed by atoms with E-state index in [9.17, 15) is 9.59 Å². The molecule has 2 rings (SSSR count). The van der Waals surface area contributed by atoms with E-state index in [4.69, 9.17) is 4.74 Å². The van der Waals surface area contributed by atoms with Crippen LogP contribution >= 0.6 is 0 Å². The van der Waals surface area contributed by atoms with E-state index in [1.54, 1.807) is 11.8 Å². The number of nitrogens with zero attached hydrogens (tertiary/aromatic N) is 1. The Labute approximate surface area is 174 Å². The van der Waals surface area contributed by atoms with Crippen LogP contribution in [0.3, 0.4) is 0 Å². The van der Waals surface area contributed by atoms with Crippen molar-refractivity contribution in [3.05, 3.63) is 65.2 Å². The van der Waals surface area contributed by atoms with Crippen molar-refractivity contribution in [2.24, 2.45) is 0 Å². The van der Waals surface area contributed by atoms with Crippen LogP contribution in [0, 0.1) is 13.8 Å². The second-order valence-corrected chi connectivity index (χ2v) is 7.61. The Morgan fingerprint density at radius 3 is 2.34 bits per heavy atom. The molecule has 0 aliphatic carbocycles. The van der Waals surface area contributed by atoms with Crippen molar-refractivity contribution in [2.75, 3.05) is 6.61 Å². The third-order valence-corrected chi connectivity index (χ3v) is 4.99. The van der Waals surface area contributed by atoms with Crippen LogP contribution in [0.5, 0.6) is 5.75 Å². The summed E-state index contributed by atoms with van der Waals surface area (Å²) in [6, 6.07) is 15.0. The lowest BCUT2D eigenvalue weighted by Crippen LogP contribution is -2.50. The molecule has 0 spiro atoms. The van der Waals surface area contributed by atoms with Crippen LogP contribution in [-0.4, -0.2) is 35.4 Å². The van der Waals surface area contributed by atoms with Crippen molar-refractivity contribution in [3.8, 4) is 5.75 Å². The van der Waals surface area contributed by atoms with E-state index in [-0.39, 0.29) is 24.5 Å². The van der Waals surface area contributed by atoms with Crippen molar-refractivity contribution in [1.82, 2.24) is 10.2 Å². The van der Waals surface area contributed by atoms with Gasteiger partial charge in [-0.3, -0.25) is 9.59 Å². The standard InChI is InChI=1S/C24H32N2O3/c1-6-19(4)25-24(28)20(5)26(15-21-9-7-8-18(3)14-21)23(27)16-29-22-12-10-17(2)11-13-22/h7-14,19-20H,6,15-16H2,1-5H3,(H,25,28)/t19-,20+/m1/s1. The predicted octanol–water partition coefficient (Wildman–Crippen LogP) is 4.01. The maximum atomic E-state index is 13.0. The molecule has 0 bridgehead atoms. The zero-order valence-corrected chi connectivity index (χ0v) is 18.1. The number of aryl methyl sites for hydroxylation is 2. The lowest BCUT2D eigenvalue weighted by Gasteiger charge is -2.29. The molecule has 2 amide bonds. The van der Waals surface area contributed by atoms with Gasteiger partial charge in [0, 0.05) is 12.6 Å². The lowest BCUT2D eigenvalue weighted by atomic mass is 10.1. The number of amides is 2. The van der Waals surface area contributed by atoms with Crippen LogP contribution in [0.4, 0.5) is 0 Å². The molecule has 2 atom stereocenters. The molecule has 0 aromatic heterocycles. The van der Waals surface area contributed by atoms with Gasteiger partial charge in [-0.2, -0.15) is 0 Å². The number of rotatable bonds is 9. The molecule has 2 aromatic carbocycles. The summed E-state index contributed by atoms with van der Waals surface area (Å²) in [4.78, 5) is 27.3. The lowest BCUT2D eigenvalue weighted by molar-refractivity contribution is -0.142. The Kier molecular flexibility index (Phi) is 8.25. The van der Waals surface area contributed by atoms with Crippen molar-refractivity contribution in [2.45, 2.75) is 59.7 Å². The van der Waals surface area contributed by atoms with Crippen LogP contribution in [0.15, 0.2) is 48.5 Å². The maximum Gasteiger partial charge on any atom is 0.261 e. The molecule has 156 valence electrons. The first-order chi connectivity index (χ1) is 13.8. The summed E-state index contributed by atoms with van der Waals surface area (Å²) in [5.41, 5.74) is 3.22. The first-order valence-electron chi connectivity index (χ1n) is 10.1. The van der Waals surface area contributed by atoms with Gasteiger partial charge in [0.2, 0.25) is 5.91 Å². The van der Waals surface area contributed by atoms with Gasteiger partial charge in [-0.25, -0.2) is 0 Å². The van der Waals surface area contributed by atoms with Crippen molar-refractivity contribution in [1.29, 1.82) is 0 Å². The van der Waals surface area contributed by atoms with Gasteiger partial charge in [-0.1, -0.05) is 54.4 Å². The average molecular weight is 397 g/mol. The summed E-state index contributed by atoms with van der Waals surface area (Å²) in [6.45, 7) is 9.98. The number of hydrogen-bond donors (Lipinski definition) is 1. The monoisotopic (exact) mass is 396 g/mol. The molecule has 5 nitrogen and oxygen atoms in total. The van der Waals surface area contributed by atoms with E-state index >= 15 is 0 Å². The molecule has 0 aliphatic rings. The second-order valence-electron chi connectivity index (χ2n) is 7.61. The van der Waals surface area contributed by atoms with Crippen LogP contribution in [-0.2, 0) is 16.1 Å². The van der Waals surface area contributed by atoms with E-state index < -0.39 is 6.04 Å². The average Bonchev–Trinajstić information content (AvgIpc) is 2.70. The SMILES string of the molecule is CC[C@@H](C)NC(=O)[C@H](C)N(Cc1cccc(C)c1)C(=O)COc1ccc(C)cc1. The highest BCUT2D eigenvalue weighted by molar-refractivity contribution is 5.88. The Bertz CT molecular complexity index is 817. The predicted molar refractivity (Wildman–Crippen MR) is 116 cm³/mol. The first kappa shape index (κ1) is 22.5. The topological polar surface area (TPSA) is 58.6 Å². The molecule has 0 heterocycles. The number of benzene rings is 2. The minimum Gasteiger partial charge on any atom is -0.484 e. The number of carbonyl (C=O) groups is 2. The highest BCUT2D eigenvalue weighted by Crippen LogP contribution is 2.14. The molecule has 2 aromatic rings. The minimum absolute atomic E-state index is 0.0599. The fourth-order valence-corrected chi connectivity index (χ4v) is 2.92. The zero-order valence-electron chi connectivity index (χ0n) is 18.1. The highest BCUT2D eigenvalue weighted by Gasteiger charge is 2.27. The second kappa shape index (κ2) is 10.6. The highest BCUT2D eigenvalue weighted by atomic mass is 16.5. The quantitative estimate of drug-likeness (QED) is 0.697. The van der Waals surface area contributed by atoms with Crippen LogP contribution in [0.1, 0.15) is 43.9 Å². The number of hydrogen-bond acceptors (Lipinski definition) is 3. The fourth-order valence-electron chi connectivity index (χ4n) is 2.92. The van der Waals surface area contributed by atoms with Gasteiger partial charge in [0.1, 0.15) is 11.8 Å². The van der Waals surface area contributed by atoms with Gasteiger partial charge in [0.05, 0.1) is 0 Å². The Hall–Kier alpha value is -2.82. The Morgan fingerprint density at radius 1 is 1.03 bits per heavy atom. The normalized spacial score (nSPS) is 12.7. The number of ether oxygens (including phenoxy) is 1. The van der Waals surface area contributed by atoms with Gasteiger partial charge in [-0.15, -0.1) is 0 Å². The van der Waals surface area contributed by atoms with Crippen LogP contribution in [0.25, 0.3) is 0 Å². The van der Waals surface area contributed by atoms with E-state index in [0.717, 1.165) is 23.1 Å². The van der Waals surface area contributed by atoms with Gasteiger partial charge in [0.15, 0.2) is 6.61 Å². The molecule has 0 unspecified atom stereocenters.